The van der Waals surface area contributed by atoms with Crippen LogP contribution in [-0.4, -0.2) is 23.0 Å². The van der Waals surface area contributed by atoms with Crippen LogP contribution in [0.1, 0.15) is 27.2 Å². The first-order valence-corrected chi connectivity index (χ1v) is 8.65. The van der Waals surface area contributed by atoms with E-state index in [-0.39, 0.29) is 5.91 Å². The molecule has 3 rings (SSSR count). The minimum atomic E-state index is -0.270. The number of aryl methyl sites for hydroxylation is 2. The van der Waals surface area contributed by atoms with E-state index in [1.807, 2.05) is 56.3 Å². The molecule has 0 saturated heterocycles. The Labute approximate surface area is 158 Å². The summed E-state index contributed by atoms with van der Waals surface area (Å²) in [5.41, 5.74) is 4.32. The minimum absolute atomic E-state index is 0.270. The van der Waals surface area contributed by atoms with Gasteiger partial charge in [0.2, 0.25) is 5.95 Å². The molecule has 0 bridgehead atoms. The highest BCUT2D eigenvalue weighted by Crippen LogP contribution is 2.22. The predicted molar refractivity (Wildman–Crippen MR) is 105 cm³/mol. The van der Waals surface area contributed by atoms with Crippen molar-refractivity contribution in [2.75, 3.05) is 12.4 Å². The van der Waals surface area contributed by atoms with Crippen molar-refractivity contribution in [1.29, 1.82) is 0 Å². The number of rotatable bonds is 6. The van der Waals surface area contributed by atoms with Crippen LogP contribution < -0.4 is 15.4 Å². The predicted octanol–water partition coefficient (Wildman–Crippen LogP) is 3.78. The third-order valence-electron chi connectivity index (χ3n) is 4.24. The van der Waals surface area contributed by atoms with Gasteiger partial charge in [-0.2, -0.15) is 0 Å². The number of para-hydroxylation sites is 2. The molecule has 0 saturated carbocycles. The van der Waals surface area contributed by atoms with E-state index in [0.717, 1.165) is 28.1 Å². The Balaban J connectivity index is 1.72. The molecule has 3 aromatic rings. The maximum atomic E-state index is 12.5. The molecular weight excluding hydrogens is 340 g/mol. The first kappa shape index (κ1) is 18.4. The van der Waals surface area contributed by atoms with E-state index in [1.165, 1.54) is 0 Å². The topological polar surface area (TPSA) is 76.1 Å². The molecule has 0 unspecified atom stereocenters. The van der Waals surface area contributed by atoms with Gasteiger partial charge in [-0.25, -0.2) is 9.97 Å². The lowest BCUT2D eigenvalue weighted by molar-refractivity contribution is 0.0945. The zero-order valence-electron chi connectivity index (χ0n) is 15.6. The smallest absolute Gasteiger partial charge is 0.270 e. The van der Waals surface area contributed by atoms with E-state index in [9.17, 15) is 4.79 Å². The average Bonchev–Trinajstić information content (AvgIpc) is 2.69. The summed E-state index contributed by atoms with van der Waals surface area (Å²) in [4.78, 5) is 21.0. The number of nitrogens with one attached hydrogen (secondary N) is 2. The van der Waals surface area contributed by atoms with Gasteiger partial charge >= 0.3 is 0 Å². The van der Waals surface area contributed by atoms with Crippen LogP contribution in [-0.2, 0) is 6.54 Å². The highest BCUT2D eigenvalue weighted by Gasteiger charge is 2.11. The summed E-state index contributed by atoms with van der Waals surface area (Å²) in [6.07, 6.45) is 1.57. The van der Waals surface area contributed by atoms with Crippen molar-refractivity contribution >= 4 is 17.5 Å². The van der Waals surface area contributed by atoms with Crippen molar-refractivity contribution in [3.63, 3.8) is 0 Å². The second-order valence-electron chi connectivity index (χ2n) is 6.15. The van der Waals surface area contributed by atoms with Crippen molar-refractivity contribution < 1.29 is 9.53 Å². The fourth-order valence-corrected chi connectivity index (χ4v) is 2.78. The number of hydrogen-bond donors (Lipinski definition) is 2. The molecule has 2 N–H and O–H groups in total. The molecule has 0 aliphatic carbocycles. The summed E-state index contributed by atoms with van der Waals surface area (Å²) in [5.74, 6) is 0.850. The molecule has 138 valence electrons. The lowest BCUT2D eigenvalue weighted by Gasteiger charge is -2.12. The maximum Gasteiger partial charge on any atom is 0.270 e. The number of benzene rings is 2. The lowest BCUT2D eigenvalue weighted by Crippen LogP contribution is -2.24. The fourth-order valence-electron chi connectivity index (χ4n) is 2.78. The monoisotopic (exact) mass is 362 g/mol. The van der Waals surface area contributed by atoms with Gasteiger partial charge in [0.05, 0.1) is 7.11 Å². The van der Waals surface area contributed by atoms with Crippen LogP contribution in [0.3, 0.4) is 0 Å². The minimum Gasteiger partial charge on any atom is -0.496 e. The number of aromatic nitrogens is 2. The van der Waals surface area contributed by atoms with Gasteiger partial charge in [0, 0.05) is 24.0 Å². The third kappa shape index (κ3) is 4.41. The molecule has 0 atom stereocenters. The number of methoxy groups -OCH3 is 1. The maximum absolute atomic E-state index is 12.5. The summed E-state index contributed by atoms with van der Waals surface area (Å²) >= 11 is 0. The van der Waals surface area contributed by atoms with Crippen LogP contribution in [0.15, 0.2) is 54.7 Å². The second kappa shape index (κ2) is 8.31. The number of nitrogens with zero attached hydrogens (tertiary/aromatic N) is 2. The largest absolute Gasteiger partial charge is 0.496 e. The van der Waals surface area contributed by atoms with Gasteiger partial charge < -0.3 is 15.4 Å². The normalized spacial score (nSPS) is 10.3. The number of anilines is 2. The van der Waals surface area contributed by atoms with Crippen LogP contribution in [0, 0.1) is 13.8 Å². The number of hydrogen-bond acceptors (Lipinski definition) is 5. The summed E-state index contributed by atoms with van der Waals surface area (Å²) in [7, 11) is 1.61. The first-order chi connectivity index (χ1) is 13.1. The molecule has 6 nitrogen and oxygen atoms in total. The fraction of sp³-hybridized carbons (Fsp3) is 0.190. The van der Waals surface area contributed by atoms with Gasteiger partial charge in [-0.3, -0.25) is 4.79 Å². The van der Waals surface area contributed by atoms with Gasteiger partial charge in [0.25, 0.3) is 5.91 Å². The van der Waals surface area contributed by atoms with Crippen molar-refractivity contribution in [2.45, 2.75) is 20.4 Å². The summed E-state index contributed by atoms with van der Waals surface area (Å²) in [5, 5.41) is 6.07. The molecule has 1 aromatic heterocycles. The summed E-state index contributed by atoms with van der Waals surface area (Å²) < 4.78 is 5.30. The van der Waals surface area contributed by atoms with E-state index >= 15 is 0 Å². The van der Waals surface area contributed by atoms with Crippen LogP contribution in [0.25, 0.3) is 0 Å². The molecule has 0 fully saturated rings. The lowest BCUT2D eigenvalue weighted by atomic mass is 10.1. The van der Waals surface area contributed by atoms with Crippen molar-refractivity contribution in [3.8, 4) is 5.75 Å². The van der Waals surface area contributed by atoms with Crippen molar-refractivity contribution in [3.05, 3.63) is 77.1 Å². The Bertz CT molecular complexity index is 936. The molecule has 2 aromatic carbocycles. The van der Waals surface area contributed by atoms with E-state index in [4.69, 9.17) is 4.74 Å². The number of amides is 1. The highest BCUT2D eigenvalue weighted by molar-refractivity contribution is 5.92. The molecule has 0 aliphatic rings. The van der Waals surface area contributed by atoms with Crippen LogP contribution in [0.2, 0.25) is 0 Å². The van der Waals surface area contributed by atoms with Crippen LogP contribution in [0.5, 0.6) is 5.75 Å². The third-order valence-corrected chi connectivity index (χ3v) is 4.24. The van der Waals surface area contributed by atoms with Crippen molar-refractivity contribution in [2.24, 2.45) is 0 Å². The quantitative estimate of drug-likeness (QED) is 0.698. The van der Waals surface area contributed by atoms with E-state index in [0.29, 0.717) is 18.2 Å². The highest BCUT2D eigenvalue weighted by atomic mass is 16.5. The Kier molecular flexibility index (Phi) is 5.66. The number of ether oxygens (including phenoxy) is 1. The SMILES string of the molecule is COc1ccccc1CNC(=O)c1ccnc(Nc2c(C)cccc2C)n1. The van der Waals surface area contributed by atoms with Gasteiger partial charge in [0.1, 0.15) is 11.4 Å². The van der Waals surface area contributed by atoms with Gasteiger partial charge in [-0.1, -0.05) is 36.4 Å². The zero-order chi connectivity index (χ0) is 19.2. The standard InChI is InChI=1S/C21H22N4O2/c1-14-7-6-8-15(2)19(14)25-21-22-12-11-17(24-21)20(26)23-13-16-9-4-5-10-18(16)27-3/h4-12H,13H2,1-3H3,(H,23,26)(H,22,24,25). The van der Waals surface area contributed by atoms with E-state index in [2.05, 4.69) is 20.6 Å². The van der Waals surface area contributed by atoms with Gasteiger partial charge in [-0.05, 0) is 37.1 Å². The van der Waals surface area contributed by atoms with Crippen molar-refractivity contribution in [1.82, 2.24) is 15.3 Å². The van der Waals surface area contributed by atoms with Gasteiger partial charge in [-0.15, -0.1) is 0 Å². The molecule has 27 heavy (non-hydrogen) atoms. The Morgan fingerprint density at radius 2 is 1.78 bits per heavy atom. The molecule has 0 radical (unpaired) electrons. The molecule has 0 spiro atoms. The van der Waals surface area contributed by atoms with E-state index < -0.39 is 0 Å². The Morgan fingerprint density at radius 3 is 2.52 bits per heavy atom. The molecular formula is C21H22N4O2. The molecule has 6 heteroatoms. The molecule has 1 amide bonds. The van der Waals surface area contributed by atoms with Crippen LogP contribution in [0.4, 0.5) is 11.6 Å². The zero-order valence-corrected chi connectivity index (χ0v) is 15.6. The molecule has 1 heterocycles. The van der Waals surface area contributed by atoms with Crippen LogP contribution >= 0.6 is 0 Å². The first-order valence-electron chi connectivity index (χ1n) is 8.65. The summed E-state index contributed by atoms with van der Waals surface area (Å²) in [6, 6.07) is 15.2. The Hall–Kier alpha value is -3.41. The van der Waals surface area contributed by atoms with E-state index in [1.54, 1.807) is 19.4 Å². The molecule has 0 aliphatic heterocycles. The Morgan fingerprint density at radius 1 is 1.04 bits per heavy atom. The second-order valence-corrected chi connectivity index (χ2v) is 6.15. The van der Waals surface area contributed by atoms with Gasteiger partial charge in [0.15, 0.2) is 0 Å². The average molecular weight is 362 g/mol. The summed E-state index contributed by atoms with van der Waals surface area (Å²) in [6.45, 7) is 4.38. The number of carbonyl (C=O) groups is 1. The number of carbonyl (C=O) groups excluding carboxylic acids is 1.